The number of piperidine rings is 1. The predicted molar refractivity (Wildman–Crippen MR) is 118 cm³/mol. The quantitative estimate of drug-likeness (QED) is 0.825. The van der Waals surface area contributed by atoms with E-state index in [-0.39, 0.29) is 35.1 Å². The third-order valence-corrected chi connectivity index (χ3v) is 6.39. The third kappa shape index (κ3) is 4.68. The maximum absolute atomic E-state index is 13.0. The van der Waals surface area contributed by atoms with Crippen LogP contribution in [0.1, 0.15) is 56.7 Å². The summed E-state index contributed by atoms with van der Waals surface area (Å²) in [4.78, 5) is 41.7. The summed E-state index contributed by atoms with van der Waals surface area (Å²) >= 11 is 0. The summed E-state index contributed by atoms with van der Waals surface area (Å²) in [6, 6.07) is 4.15. The van der Waals surface area contributed by atoms with Gasteiger partial charge in [-0.05, 0) is 65.5 Å². The van der Waals surface area contributed by atoms with E-state index in [0.29, 0.717) is 38.9 Å². The van der Waals surface area contributed by atoms with Gasteiger partial charge < -0.3 is 15.1 Å². The highest BCUT2D eigenvalue weighted by Gasteiger charge is 2.41. The molecule has 2 aliphatic rings. The van der Waals surface area contributed by atoms with Crippen molar-refractivity contribution in [1.82, 2.24) is 9.80 Å². The van der Waals surface area contributed by atoms with Gasteiger partial charge in [0.2, 0.25) is 17.7 Å². The van der Waals surface area contributed by atoms with Crippen molar-refractivity contribution in [3.63, 3.8) is 0 Å². The molecule has 0 radical (unpaired) electrons. The topological polar surface area (TPSA) is 69.7 Å². The molecule has 2 heterocycles. The Bertz CT molecular complexity index is 825. The van der Waals surface area contributed by atoms with Gasteiger partial charge in [-0.1, -0.05) is 17.7 Å². The molecule has 0 saturated carbocycles. The number of nitrogens with zero attached hydrogens (tertiary/aromatic N) is 2. The highest BCUT2D eigenvalue weighted by atomic mass is 16.2. The second-order valence-electron chi connectivity index (χ2n) is 9.94. The van der Waals surface area contributed by atoms with Crippen LogP contribution >= 0.6 is 0 Å². The van der Waals surface area contributed by atoms with Crippen LogP contribution in [0, 0.1) is 32.6 Å². The van der Waals surface area contributed by atoms with Crippen LogP contribution in [0.3, 0.4) is 0 Å². The minimum atomic E-state index is -0.264. The van der Waals surface area contributed by atoms with E-state index in [2.05, 4.69) is 24.4 Å². The molecule has 1 aromatic carbocycles. The van der Waals surface area contributed by atoms with Crippen LogP contribution in [0.2, 0.25) is 0 Å². The van der Waals surface area contributed by atoms with Gasteiger partial charge in [0.15, 0.2) is 0 Å². The summed E-state index contributed by atoms with van der Waals surface area (Å²) < 4.78 is 0. The molecule has 1 N–H and O–H groups in total. The molecule has 2 fully saturated rings. The molecule has 0 spiro atoms. The number of benzene rings is 1. The van der Waals surface area contributed by atoms with Crippen LogP contribution in [0.4, 0.5) is 5.69 Å². The molecule has 2 saturated heterocycles. The molecule has 3 rings (SSSR count). The van der Waals surface area contributed by atoms with E-state index in [1.807, 2.05) is 44.4 Å². The van der Waals surface area contributed by atoms with Crippen molar-refractivity contribution in [3.8, 4) is 0 Å². The lowest BCUT2D eigenvalue weighted by Crippen LogP contribution is -2.46. The van der Waals surface area contributed by atoms with E-state index in [9.17, 15) is 14.4 Å². The fourth-order valence-electron chi connectivity index (χ4n) is 4.74. The van der Waals surface area contributed by atoms with Crippen molar-refractivity contribution < 1.29 is 14.4 Å². The zero-order chi connectivity index (χ0) is 22.2. The molecule has 2 aliphatic heterocycles. The summed E-state index contributed by atoms with van der Waals surface area (Å²) in [6.07, 6.45) is 1.61. The average Bonchev–Trinajstić information content (AvgIpc) is 3.06. The molecule has 30 heavy (non-hydrogen) atoms. The maximum atomic E-state index is 13.0. The zero-order valence-corrected chi connectivity index (χ0v) is 19.2. The average molecular weight is 414 g/mol. The summed E-state index contributed by atoms with van der Waals surface area (Å²) in [5.41, 5.74) is 3.97. The first-order valence-corrected chi connectivity index (χ1v) is 11.0. The molecule has 1 aromatic rings. The lowest BCUT2D eigenvalue weighted by Gasteiger charge is -2.34. The van der Waals surface area contributed by atoms with Crippen molar-refractivity contribution in [3.05, 3.63) is 28.8 Å². The Balaban J connectivity index is 1.55. The van der Waals surface area contributed by atoms with E-state index >= 15 is 0 Å². The normalized spacial score (nSPS) is 20.6. The number of nitrogens with one attached hydrogen (secondary N) is 1. The summed E-state index contributed by atoms with van der Waals surface area (Å²) in [5, 5.41) is 3.11. The number of carbonyl (C=O) groups excluding carboxylic acids is 3. The number of rotatable bonds is 3. The first-order chi connectivity index (χ1) is 14.0. The van der Waals surface area contributed by atoms with Crippen LogP contribution in [-0.4, -0.2) is 52.7 Å². The number of hydrogen-bond donors (Lipinski definition) is 1. The Hall–Kier alpha value is -2.37. The maximum Gasteiger partial charge on any atom is 0.227 e. The Morgan fingerprint density at radius 3 is 2.07 bits per heavy atom. The SMILES string of the molecule is Cc1cc(C)c(NC(=O)C2CCN(C(=O)C3CC(=O)N(C(C)(C)C)C3)CC2)c(C)c1. The van der Waals surface area contributed by atoms with Gasteiger partial charge in [0.25, 0.3) is 0 Å². The van der Waals surface area contributed by atoms with Gasteiger partial charge in [0, 0.05) is 43.2 Å². The molecular weight excluding hydrogens is 378 g/mol. The third-order valence-electron chi connectivity index (χ3n) is 6.39. The molecule has 0 bridgehead atoms. The molecule has 1 unspecified atom stereocenters. The standard InChI is InChI=1S/C24H35N3O3/c1-15-11-16(2)21(17(3)12-15)25-22(29)18-7-9-26(10-8-18)23(30)19-13-20(28)27(14-19)24(4,5)6/h11-12,18-19H,7-10,13-14H2,1-6H3,(H,25,29). The first-order valence-electron chi connectivity index (χ1n) is 11.0. The van der Waals surface area contributed by atoms with E-state index in [4.69, 9.17) is 0 Å². The Labute approximate surface area is 180 Å². The van der Waals surface area contributed by atoms with Crippen LogP contribution in [-0.2, 0) is 14.4 Å². The zero-order valence-electron chi connectivity index (χ0n) is 19.2. The van der Waals surface area contributed by atoms with Gasteiger partial charge in [0.1, 0.15) is 0 Å². The summed E-state index contributed by atoms with van der Waals surface area (Å²) in [6.45, 7) is 13.7. The lowest BCUT2D eigenvalue weighted by molar-refractivity contribution is -0.138. The van der Waals surface area contributed by atoms with Crippen molar-refractivity contribution >= 4 is 23.4 Å². The molecule has 6 nitrogen and oxygen atoms in total. The number of likely N-dealkylation sites (tertiary alicyclic amines) is 2. The minimum absolute atomic E-state index is 0.0344. The number of anilines is 1. The second-order valence-corrected chi connectivity index (χ2v) is 9.94. The van der Waals surface area contributed by atoms with Crippen LogP contribution < -0.4 is 5.32 Å². The highest BCUT2D eigenvalue weighted by molar-refractivity contribution is 5.94. The van der Waals surface area contributed by atoms with E-state index in [1.54, 1.807) is 0 Å². The number of amides is 3. The molecule has 1 atom stereocenters. The van der Waals surface area contributed by atoms with Gasteiger partial charge in [-0.15, -0.1) is 0 Å². The molecule has 3 amide bonds. The highest BCUT2D eigenvalue weighted by Crippen LogP contribution is 2.29. The van der Waals surface area contributed by atoms with Crippen molar-refractivity contribution in [1.29, 1.82) is 0 Å². The molecule has 164 valence electrons. The van der Waals surface area contributed by atoms with Crippen molar-refractivity contribution in [2.45, 2.75) is 66.3 Å². The fourth-order valence-corrected chi connectivity index (χ4v) is 4.74. The van der Waals surface area contributed by atoms with Crippen LogP contribution in [0.5, 0.6) is 0 Å². The number of hydrogen-bond acceptors (Lipinski definition) is 3. The predicted octanol–water partition coefficient (Wildman–Crippen LogP) is 3.44. The summed E-state index contributed by atoms with van der Waals surface area (Å²) in [7, 11) is 0. The van der Waals surface area contributed by atoms with Gasteiger partial charge in [-0.2, -0.15) is 0 Å². The van der Waals surface area contributed by atoms with Crippen LogP contribution in [0.15, 0.2) is 12.1 Å². The molecule has 0 aromatic heterocycles. The van der Waals surface area contributed by atoms with Crippen LogP contribution in [0.25, 0.3) is 0 Å². The van der Waals surface area contributed by atoms with Gasteiger partial charge in [0.05, 0.1) is 5.92 Å². The Morgan fingerprint density at radius 1 is 1.00 bits per heavy atom. The Kier molecular flexibility index (Phi) is 6.25. The lowest BCUT2D eigenvalue weighted by atomic mass is 9.94. The molecule has 6 heteroatoms. The Morgan fingerprint density at radius 2 is 1.57 bits per heavy atom. The van der Waals surface area contributed by atoms with Crippen molar-refractivity contribution in [2.75, 3.05) is 25.0 Å². The second kappa shape index (κ2) is 8.40. The fraction of sp³-hybridized carbons (Fsp3) is 0.625. The number of aryl methyl sites for hydroxylation is 3. The molecular formula is C24H35N3O3. The smallest absolute Gasteiger partial charge is 0.227 e. The largest absolute Gasteiger partial charge is 0.342 e. The minimum Gasteiger partial charge on any atom is -0.342 e. The molecule has 0 aliphatic carbocycles. The van der Waals surface area contributed by atoms with E-state index in [0.717, 1.165) is 16.8 Å². The monoisotopic (exact) mass is 413 g/mol. The van der Waals surface area contributed by atoms with E-state index in [1.165, 1.54) is 5.56 Å². The first kappa shape index (κ1) is 22.3. The van der Waals surface area contributed by atoms with Gasteiger partial charge in [-0.3, -0.25) is 14.4 Å². The number of carbonyl (C=O) groups is 3. The summed E-state index contributed by atoms with van der Waals surface area (Å²) in [5.74, 6) is -0.212. The van der Waals surface area contributed by atoms with Crippen molar-refractivity contribution in [2.24, 2.45) is 11.8 Å². The van der Waals surface area contributed by atoms with Gasteiger partial charge in [-0.25, -0.2) is 0 Å². The van der Waals surface area contributed by atoms with E-state index < -0.39 is 0 Å². The van der Waals surface area contributed by atoms with Gasteiger partial charge >= 0.3 is 0 Å².